The lowest BCUT2D eigenvalue weighted by molar-refractivity contribution is -0.115. The van der Waals surface area contributed by atoms with E-state index in [-0.39, 0.29) is 29.1 Å². The van der Waals surface area contributed by atoms with Gasteiger partial charge in [0.1, 0.15) is 11.9 Å². The van der Waals surface area contributed by atoms with Crippen molar-refractivity contribution in [2.75, 3.05) is 24.2 Å². The largest absolute Gasteiger partial charge is 0.490 e. The first-order valence-corrected chi connectivity index (χ1v) is 13.8. The zero-order valence-corrected chi connectivity index (χ0v) is 21.2. The molecule has 35 heavy (non-hydrogen) atoms. The third-order valence-electron chi connectivity index (χ3n) is 6.04. The number of carbonyl (C=O) groups is 1. The van der Waals surface area contributed by atoms with E-state index in [1.807, 2.05) is 36.4 Å². The van der Waals surface area contributed by atoms with Crippen LogP contribution in [-0.4, -0.2) is 39.3 Å². The second-order valence-corrected chi connectivity index (χ2v) is 11.2. The Kier molecular flexibility index (Phi) is 8.11. The summed E-state index contributed by atoms with van der Waals surface area (Å²) in [6.45, 7) is 3.50. The fourth-order valence-electron chi connectivity index (χ4n) is 4.07. The van der Waals surface area contributed by atoms with E-state index in [2.05, 4.69) is 10.6 Å². The molecule has 1 fully saturated rings. The average Bonchev–Trinajstić information content (AvgIpc) is 2.86. The molecule has 8 heteroatoms. The van der Waals surface area contributed by atoms with Crippen LogP contribution < -0.4 is 15.4 Å². The van der Waals surface area contributed by atoms with Crippen molar-refractivity contribution >= 4 is 33.0 Å². The minimum atomic E-state index is -3.26. The van der Waals surface area contributed by atoms with Gasteiger partial charge in [-0.05, 0) is 61.8 Å². The number of benzene rings is 3. The lowest BCUT2D eigenvalue weighted by Crippen LogP contribution is -2.34. The van der Waals surface area contributed by atoms with Gasteiger partial charge in [-0.2, -0.15) is 0 Å². The first-order valence-electron chi connectivity index (χ1n) is 11.7. The lowest BCUT2D eigenvalue weighted by atomic mass is 10.0. The molecule has 3 aromatic carbocycles. The summed E-state index contributed by atoms with van der Waals surface area (Å²) in [6, 6.07) is 19.7. The summed E-state index contributed by atoms with van der Waals surface area (Å²) < 4.78 is 30.2. The predicted molar refractivity (Wildman–Crippen MR) is 140 cm³/mol. The number of ether oxygens (including phenoxy) is 1. The van der Waals surface area contributed by atoms with Crippen molar-refractivity contribution in [2.24, 2.45) is 0 Å². The SMILES string of the molecule is CCS(=O)(=O)c1ccc(CC(=O)Nc2ccc(-c3ccccc3OC3CCNCC3)c(Cl)c2)cc1. The van der Waals surface area contributed by atoms with Gasteiger partial charge >= 0.3 is 0 Å². The van der Waals surface area contributed by atoms with Crippen LogP contribution in [0.25, 0.3) is 11.1 Å². The van der Waals surface area contributed by atoms with Crippen LogP contribution in [-0.2, 0) is 21.1 Å². The van der Waals surface area contributed by atoms with Crippen LogP contribution in [0.5, 0.6) is 5.75 Å². The van der Waals surface area contributed by atoms with Crippen molar-refractivity contribution in [2.45, 2.75) is 37.2 Å². The van der Waals surface area contributed by atoms with Crippen molar-refractivity contribution in [3.05, 3.63) is 77.3 Å². The van der Waals surface area contributed by atoms with Gasteiger partial charge in [0.05, 0.1) is 22.1 Å². The number of nitrogens with one attached hydrogen (secondary N) is 2. The Bertz CT molecular complexity index is 1290. The molecule has 2 N–H and O–H groups in total. The topological polar surface area (TPSA) is 84.5 Å². The molecule has 1 heterocycles. The Hall–Kier alpha value is -2.87. The van der Waals surface area contributed by atoms with Crippen LogP contribution in [0, 0.1) is 0 Å². The molecule has 1 aliphatic rings. The monoisotopic (exact) mass is 512 g/mol. The highest BCUT2D eigenvalue weighted by molar-refractivity contribution is 7.91. The number of sulfone groups is 1. The van der Waals surface area contributed by atoms with Crippen molar-refractivity contribution in [1.82, 2.24) is 5.32 Å². The third kappa shape index (κ3) is 6.42. The van der Waals surface area contributed by atoms with E-state index >= 15 is 0 Å². The summed E-state index contributed by atoms with van der Waals surface area (Å²) in [5.74, 6) is 0.624. The molecule has 4 rings (SSSR count). The number of hydrogen-bond acceptors (Lipinski definition) is 5. The molecule has 0 spiro atoms. The molecule has 3 aromatic rings. The number of para-hydroxylation sites is 1. The summed E-state index contributed by atoms with van der Waals surface area (Å²) in [4.78, 5) is 12.8. The minimum Gasteiger partial charge on any atom is -0.490 e. The maximum atomic E-state index is 12.6. The highest BCUT2D eigenvalue weighted by Crippen LogP contribution is 2.37. The molecule has 184 valence electrons. The fourth-order valence-corrected chi connectivity index (χ4v) is 5.23. The zero-order valence-electron chi connectivity index (χ0n) is 19.6. The van der Waals surface area contributed by atoms with Crippen LogP contribution >= 0.6 is 11.6 Å². The summed E-state index contributed by atoms with van der Waals surface area (Å²) in [7, 11) is -3.26. The van der Waals surface area contributed by atoms with Gasteiger partial charge in [0, 0.05) is 16.8 Å². The van der Waals surface area contributed by atoms with Crippen LogP contribution in [0.15, 0.2) is 71.6 Å². The summed E-state index contributed by atoms with van der Waals surface area (Å²) in [6.07, 6.45) is 2.22. The van der Waals surface area contributed by atoms with Crippen molar-refractivity contribution in [1.29, 1.82) is 0 Å². The molecule has 1 aliphatic heterocycles. The van der Waals surface area contributed by atoms with Gasteiger partial charge in [-0.1, -0.05) is 54.9 Å². The maximum Gasteiger partial charge on any atom is 0.228 e. The molecule has 0 saturated carbocycles. The van der Waals surface area contributed by atoms with Crippen LogP contribution in [0.4, 0.5) is 5.69 Å². The van der Waals surface area contributed by atoms with E-state index in [0.29, 0.717) is 10.7 Å². The van der Waals surface area contributed by atoms with Crippen molar-refractivity contribution < 1.29 is 17.9 Å². The van der Waals surface area contributed by atoms with Crippen LogP contribution in [0.2, 0.25) is 5.02 Å². The zero-order chi connectivity index (χ0) is 24.8. The van der Waals surface area contributed by atoms with Crippen LogP contribution in [0.1, 0.15) is 25.3 Å². The minimum absolute atomic E-state index is 0.0399. The van der Waals surface area contributed by atoms with E-state index < -0.39 is 9.84 Å². The molecular formula is C27H29ClN2O4S. The van der Waals surface area contributed by atoms with Gasteiger partial charge in [-0.3, -0.25) is 4.79 Å². The smallest absolute Gasteiger partial charge is 0.228 e. The van der Waals surface area contributed by atoms with E-state index in [9.17, 15) is 13.2 Å². The number of hydrogen-bond donors (Lipinski definition) is 2. The molecule has 1 amide bonds. The molecule has 6 nitrogen and oxygen atoms in total. The van der Waals surface area contributed by atoms with E-state index in [1.54, 1.807) is 25.1 Å². The van der Waals surface area contributed by atoms with Gasteiger partial charge in [-0.25, -0.2) is 8.42 Å². The molecule has 0 radical (unpaired) electrons. The molecule has 0 atom stereocenters. The Labute approximate surface area is 211 Å². The Morgan fingerprint density at radius 1 is 1.03 bits per heavy atom. The van der Waals surface area contributed by atoms with Crippen molar-refractivity contribution in [3.63, 3.8) is 0 Å². The summed E-state index contributed by atoms with van der Waals surface area (Å²) in [5, 5.41) is 6.72. The number of rotatable bonds is 8. The van der Waals surface area contributed by atoms with Gasteiger partial charge in [0.15, 0.2) is 9.84 Å². The first-order chi connectivity index (χ1) is 16.9. The van der Waals surface area contributed by atoms with E-state index in [1.165, 1.54) is 12.1 Å². The number of carbonyl (C=O) groups excluding carboxylic acids is 1. The van der Waals surface area contributed by atoms with Gasteiger partial charge in [0.25, 0.3) is 0 Å². The number of anilines is 1. The van der Waals surface area contributed by atoms with E-state index in [0.717, 1.165) is 48.4 Å². The normalized spacial score (nSPS) is 14.5. The molecule has 0 aromatic heterocycles. The molecule has 0 aliphatic carbocycles. The molecule has 0 bridgehead atoms. The molecule has 0 unspecified atom stereocenters. The second-order valence-electron chi connectivity index (χ2n) is 8.53. The van der Waals surface area contributed by atoms with Crippen molar-refractivity contribution in [3.8, 4) is 16.9 Å². The standard InChI is InChI=1S/C27H29ClN2O4S/c1-2-35(32,33)22-10-7-19(8-11-22)17-27(31)30-20-9-12-23(25(28)18-20)24-5-3-4-6-26(24)34-21-13-15-29-16-14-21/h3-12,18,21,29H,2,13-17H2,1H3,(H,30,31). The highest BCUT2D eigenvalue weighted by atomic mass is 35.5. The lowest BCUT2D eigenvalue weighted by Gasteiger charge is -2.25. The summed E-state index contributed by atoms with van der Waals surface area (Å²) in [5.41, 5.74) is 3.06. The predicted octanol–water partition coefficient (Wildman–Crippen LogP) is 5.11. The second kappa shape index (κ2) is 11.2. The fraction of sp³-hybridized carbons (Fsp3) is 0.296. The third-order valence-corrected chi connectivity index (χ3v) is 8.10. The van der Waals surface area contributed by atoms with E-state index in [4.69, 9.17) is 16.3 Å². The average molecular weight is 513 g/mol. The Balaban J connectivity index is 1.44. The quantitative estimate of drug-likeness (QED) is 0.438. The first kappa shape index (κ1) is 25.2. The molecule has 1 saturated heterocycles. The Morgan fingerprint density at radius 3 is 2.43 bits per heavy atom. The number of amides is 1. The van der Waals surface area contributed by atoms with Gasteiger partial charge < -0.3 is 15.4 Å². The Morgan fingerprint density at radius 2 is 1.74 bits per heavy atom. The number of piperidine rings is 1. The number of halogens is 1. The van der Waals surface area contributed by atoms with Crippen LogP contribution in [0.3, 0.4) is 0 Å². The molecular weight excluding hydrogens is 484 g/mol. The van der Waals surface area contributed by atoms with Gasteiger partial charge in [0.2, 0.25) is 5.91 Å². The summed E-state index contributed by atoms with van der Waals surface area (Å²) >= 11 is 6.62. The maximum absolute atomic E-state index is 12.6. The highest BCUT2D eigenvalue weighted by Gasteiger charge is 2.18. The van der Waals surface area contributed by atoms with Gasteiger partial charge in [-0.15, -0.1) is 0 Å².